The molecule has 0 saturated carbocycles. The number of aromatic hydroxyl groups is 1. The van der Waals surface area contributed by atoms with Crippen LogP contribution >= 0.6 is 21.6 Å². The van der Waals surface area contributed by atoms with Crippen LogP contribution in [0.15, 0.2) is 9.98 Å². The Morgan fingerprint density at radius 3 is 2.61 bits per heavy atom. The lowest BCUT2D eigenvalue weighted by atomic mass is 9.88. The quantitative estimate of drug-likeness (QED) is 0.480. The number of nitrogens with two attached hydrogens (primary N) is 1. The zero-order valence-corrected chi connectivity index (χ0v) is 19.2. The largest absolute Gasteiger partial charge is 0.505 e. The maximum atomic E-state index is 11.5. The molecule has 1 amide bonds. The van der Waals surface area contributed by atoms with Gasteiger partial charge in [-0.15, -0.1) is 0 Å². The maximum absolute atomic E-state index is 11.5. The monoisotopic (exact) mass is 463 g/mol. The van der Waals surface area contributed by atoms with Crippen molar-refractivity contribution in [2.45, 2.75) is 42.7 Å². The number of carbonyl (C=O) groups is 1. The van der Waals surface area contributed by atoms with E-state index in [1.165, 1.54) is 0 Å². The van der Waals surface area contributed by atoms with E-state index in [1.54, 1.807) is 7.11 Å². The molecule has 3 N–H and O–H groups in total. The molecule has 1 unspecified atom stereocenters. The molecule has 0 spiro atoms. The molecule has 3 fully saturated rings. The lowest BCUT2D eigenvalue weighted by Gasteiger charge is -2.39. The van der Waals surface area contributed by atoms with Crippen molar-refractivity contribution >= 4 is 33.4 Å². The normalized spacial score (nSPS) is 38.7. The second-order valence-electron chi connectivity index (χ2n) is 8.82. The van der Waals surface area contributed by atoms with E-state index in [0.29, 0.717) is 6.04 Å². The first-order valence-corrected chi connectivity index (χ1v) is 12.9. The molecule has 5 heterocycles. The number of methoxy groups -OCH3 is 1. The van der Waals surface area contributed by atoms with Crippen molar-refractivity contribution in [1.82, 2.24) is 4.90 Å². The molecular weight excluding hydrogens is 438 g/mol. The fourth-order valence-corrected chi connectivity index (χ4v) is 8.54. The molecule has 0 aliphatic carbocycles. The molecule has 166 valence electrons. The summed E-state index contributed by atoms with van der Waals surface area (Å²) in [5.74, 6) is 1.70. The number of phenolic OH excluding ortho intramolecular Hbond substituents is 1. The van der Waals surface area contributed by atoms with Gasteiger partial charge < -0.3 is 25.2 Å². The van der Waals surface area contributed by atoms with Crippen molar-refractivity contribution in [1.29, 1.82) is 0 Å². The molecule has 5 aliphatic heterocycles. The van der Waals surface area contributed by atoms with Crippen molar-refractivity contribution in [3.8, 4) is 5.75 Å². The Morgan fingerprint density at radius 1 is 1.29 bits per heavy atom. The number of benzene rings is 1. The fraction of sp³-hybridized carbons (Fsp3) is 0.650. The molecule has 0 bridgehead atoms. The summed E-state index contributed by atoms with van der Waals surface area (Å²) in [6.07, 6.45) is -0.822. The van der Waals surface area contributed by atoms with Crippen molar-refractivity contribution in [2.24, 2.45) is 15.7 Å². The molecule has 11 heteroatoms. The van der Waals surface area contributed by atoms with Crippen molar-refractivity contribution < 1.29 is 19.4 Å². The highest BCUT2D eigenvalue weighted by Gasteiger charge is 2.74. The van der Waals surface area contributed by atoms with Gasteiger partial charge in [-0.3, -0.25) is 14.9 Å². The second kappa shape index (κ2) is 6.66. The summed E-state index contributed by atoms with van der Waals surface area (Å²) in [7, 11) is 7.41. The van der Waals surface area contributed by atoms with E-state index < -0.39 is 11.8 Å². The van der Waals surface area contributed by atoms with Gasteiger partial charge in [-0.25, -0.2) is 4.79 Å². The lowest BCUT2D eigenvalue weighted by Crippen LogP contribution is -2.55. The number of primary amides is 1. The number of phenols is 1. The highest BCUT2D eigenvalue weighted by atomic mass is 33.1. The Hall–Kier alpha value is -1.69. The van der Waals surface area contributed by atoms with Crippen LogP contribution in [0.25, 0.3) is 0 Å². The first kappa shape index (κ1) is 20.0. The van der Waals surface area contributed by atoms with Crippen LogP contribution in [0.1, 0.15) is 17.0 Å². The van der Waals surface area contributed by atoms with Gasteiger partial charge in [0.15, 0.2) is 5.72 Å². The minimum Gasteiger partial charge on any atom is -0.505 e. The van der Waals surface area contributed by atoms with Crippen LogP contribution in [0.3, 0.4) is 0 Å². The maximum Gasteiger partial charge on any atom is 0.404 e. The number of amides is 1. The van der Waals surface area contributed by atoms with Gasteiger partial charge in [0.05, 0.1) is 40.4 Å². The molecule has 6 rings (SSSR count). The minimum absolute atomic E-state index is 0.0624. The van der Waals surface area contributed by atoms with Gasteiger partial charge in [0, 0.05) is 42.3 Å². The van der Waals surface area contributed by atoms with Gasteiger partial charge in [0.2, 0.25) is 0 Å². The summed E-state index contributed by atoms with van der Waals surface area (Å²) < 4.78 is 11.6. The van der Waals surface area contributed by atoms with E-state index in [9.17, 15) is 9.90 Å². The standard InChI is InChI=1S/C20H25N5O4S2/c1-8-14-15(23-11-7-31-30-6-10(11)22-14)13-9(5-29-19(21)27)20(28-3)18-12(24(18)2)4-25(20)16(13)17(8)26/h9-12,18,26H,4-7H2,1-3H3,(H2,21,27)/t9-,10+,11+,12+,18+,20-,24?/m1/s1. The molecule has 5 aliphatic rings. The summed E-state index contributed by atoms with van der Waals surface area (Å²) in [6.45, 7) is 2.70. The molecule has 1 aromatic carbocycles. The molecule has 31 heavy (non-hydrogen) atoms. The van der Waals surface area contributed by atoms with Crippen LogP contribution in [0.2, 0.25) is 0 Å². The number of likely N-dealkylation sites (N-methyl/N-ethyl adjacent to an activating group) is 1. The molecular formula is C20H25N5O4S2. The zero-order chi connectivity index (χ0) is 21.7. The highest BCUT2D eigenvalue weighted by molar-refractivity contribution is 8.76. The van der Waals surface area contributed by atoms with Crippen LogP contribution in [0.5, 0.6) is 5.75 Å². The number of nitrogens with zero attached hydrogens (tertiary/aromatic N) is 4. The van der Waals surface area contributed by atoms with Gasteiger partial charge in [0.1, 0.15) is 12.4 Å². The summed E-state index contributed by atoms with van der Waals surface area (Å²) in [6, 6.07) is 0.691. The third kappa shape index (κ3) is 2.46. The first-order chi connectivity index (χ1) is 14.9. The number of ether oxygens (including phenoxy) is 2. The first-order valence-electron chi connectivity index (χ1n) is 10.4. The Morgan fingerprint density at radius 2 is 1.97 bits per heavy atom. The molecule has 9 nitrogen and oxygen atoms in total. The van der Waals surface area contributed by atoms with Crippen molar-refractivity contribution in [3.05, 3.63) is 21.8 Å². The van der Waals surface area contributed by atoms with E-state index in [4.69, 9.17) is 25.2 Å². The number of anilines is 1. The third-order valence-electron chi connectivity index (χ3n) is 7.55. The summed E-state index contributed by atoms with van der Waals surface area (Å²) in [5, 5.41) is 12.9. The topological polar surface area (TPSA) is 113 Å². The van der Waals surface area contributed by atoms with Gasteiger partial charge in [-0.05, 0) is 14.0 Å². The van der Waals surface area contributed by atoms with Crippen molar-refractivity contribution in [2.75, 3.05) is 43.7 Å². The number of carbonyl (C=O) groups excluding carboxylic acids is 1. The Kier molecular flexibility index (Phi) is 4.29. The Labute approximate surface area is 187 Å². The number of hydrogen-bond acceptors (Lipinski definition) is 10. The summed E-state index contributed by atoms with van der Waals surface area (Å²) in [5.41, 5.74) is 6.94. The molecule has 0 aromatic heterocycles. The average Bonchev–Trinajstić information content (AvgIpc) is 3.14. The van der Waals surface area contributed by atoms with Gasteiger partial charge in [0.25, 0.3) is 0 Å². The van der Waals surface area contributed by atoms with Gasteiger partial charge in [-0.2, -0.15) is 0 Å². The highest BCUT2D eigenvalue weighted by Crippen LogP contribution is 2.61. The molecule has 0 radical (unpaired) electrons. The van der Waals surface area contributed by atoms with Gasteiger partial charge in [-0.1, -0.05) is 21.6 Å². The van der Waals surface area contributed by atoms with E-state index in [0.717, 1.165) is 45.6 Å². The van der Waals surface area contributed by atoms with E-state index in [1.807, 2.05) is 28.5 Å². The average molecular weight is 464 g/mol. The SMILES string of the molecule is CO[C@@]12[C@H](COC(N)=O)c3c(c(O)c(C)c4c3=N[C@H]3CSSC[C@@H]3N=4)N1C[C@H]1[C@@H]2N1C. The third-order valence-corrected chi connectivity index (χ3v) is 9.99. The summed E-state index contributed by atoms with van der Waals surface area (Å²) in [4.78, 5) is 26.2. The van der Waals surface area contributed by atoms with Crippen LogP contribution in [0.4, 0.5) is 10.5 Å². The zero-order valence-electron chi connectivity index (χ0n) is 17.6. The minimum atomic E-state index is -0.822. The smallest absolute Gasteiger partial charge is 0.404 e. The van der Waals surface area contributed by atoms with Crippen LogP contribution in [-0.4, -0.2) is 84.8 Å². The Bertz CT molecular complexity index is 1120. The van der Waals surface area contributed by atoms with Crippen LogP contribution in [0, 0.1) is 6.92 Å². The number of hydrogen-bond donors (Lipinski definition) is 2. The van der Waals surface area contributed by atoms with Crippen LogP contribution in [-0.2, 0) is 9.47 Å². The number of piperazine rings is 1. The van der Waals surface area contributed by atoms with E-state index in [2.05, 4.69) is 16.8 Å². The fourth-order valence-electron chi connectivity index (χ4n) is 6.06. The molecule has 3 saturated heterocycles. The number of fused-ring (bicyclic) bond motifs is 8. The Balaban J connectivity index is 1.62. The van der Waals surface area contributed by atoms with E-state index >= 15 is 0 Å². The second-order valence-corrected chi connectivity index (χ2v) is 11.4. The van der Waals surface area contributed by atoms with Gasteiger partial charge >= 0.3 is 6.09 Å². The molecule has 7 atom stereocenters. The number of rotatable bonds is 3. The summed E-state index contributed by atoms with van der Waals surface area (Å²) >= 11 is 0. The van der Waals surface area contributed by atoms with Crippen molar-refractivity contribution in [3.63, 3.8) is 0 Å². The van der Waals surface area contributed by atoms with Crippen LogP contribution < -0.4 is 21.3 Å². The predicted octanol–water partition coefficient (Wildman–Crippen LogP) is 0.123. The van der Waals surface area contributed by atoms with E-state index in [-0.39, 0.29) is 36.4 Å². The predicted molar refractivity (Wildman–Crippen MR) is 118 cm³/mol. The lowest BCUT2D eigenvalue weighted by molar-refractivity contribution is -0.0428. The molecule has 1 aromatic rings.